The van der Waals surface area contributed by atoms with E-state index in [1.54, 1.807) is 44.2 Å². The monoisotopic (exact) mass is 583 g/mol. The molecule has 0 fully saturated rings. The molecule has 2 amide bonds. The Morgan fingerprint density at radius 2 is 1.45 bits per heavy atom. The number of nitrogens with zero attached hydrogens (tertiary/aromatic N) is 2. The maximum absolute atomic E-state index is 14.0. The number of nitrogens with one attached hydrogen (secondary N) is 1. The van der Waals surface area contributed by atoms with E-state index in [4.69, 9.17) is 11.6 Å². The van der Waals surface area contributed by atoms with Crippen LogP contribution in [0.4, 0.5) is 5.69 Å². The summed E-state index contributed by atoms with van der Waals surface area (Å²) in [5.41, 5.74) is 3.10. The molecule has 40 heavy (non-hydrogen) atoms. The van der Waals surface area contributed by atoms with Gasteiger partial charge in [0.2, 0.25) is 11.8 Å². The molecule has 1 atom stereocenters. The van der Waals surface area contributed by atoms with Crippen LogP contribution in [-0.4, -0.2) is 43.3 Å². The standard InChI is InChI=1S/C31H38ClN3O4S/c1-21-11-15-25(16-12-21)19-34(24(4)30(37)33-31(5,6)7)29(36)20-35(28-10-8-9-27(32)23(28)3)40(38,39)26-17-13-22(2)14-18-26/h8-18,24H,19-20H2,1-7H3,(H,33,37)/t24-/m1/s1. The van der Waals surface area contributed by atoms with Crippen molar-refractivity contribution in [3.63, 3.8) is 0 Å². The minimum Gasteiger partial charge on any atom is -0.350 e. The lowest BCUT2D eigenvalue weighted by atomic mass is 10.1. The first kappa shape index (κ1) is 31.2. The zero-order valence-electron chi connectivity index (χ0n) is 24.2. The number of halogens is 1. The second-order valence-corrected chi connectivity index (χ2v) is 13.4. The Morgan fingerprint density at radius 1 is 0.900 bits per heavy atom. The minimum atomic E-state index is -4.17. The van der Waals surface area contributed by atoms with Crippen LogP contribution >= 0.6 is 11.6 Å². The van der Waals surface area contributed by atoms with Gasteiger partial charge in [-0.2, -0.15) is 0 Å². The number of aryl methyl sites for hydroxylation is 2. The Bertz CT molecular complexity index is 1460. The summed E-state index contributed by atoms with van der Waals surface area (Å²) in [6.07, 6.45) is 0. The number of anilines is 1. The van der Waals surface area contributed by atoms with Gasteiger partial charge >= 0.3 is 0 Å². The minimum absolute atomic E-state index is 0.0499. The number of amides is 2. The summed E-state index contributed by atoms with van der Waals surface area (Å²) in [6.45, 7) is 12.4. The molecule has 0 spiro atoms. The highest BCUT2D eigenvalue weighted by Crippen LogP contribution is 2.31. The van der Waals surface area contributed by atoms with Crippen molar-refractivity contribution in [3.05, 3.63) is 94.0 Å². The van der Waals surface area contributed by atoms with Gasteiger partial charge in [0.05, 0.1) is 10.6 Å². The van der Waals surface area contributed by atoms with Crippen molar-refractivity contribution < 1.29 is 18.0 Å². The molecule has 1 N–H and O–H groups in total. The maximum atomic E-state index is 14.0. The fourth-order valence-corrected chi connectivity index (χ4v) is 5.81. The lowest BCUT2D eigenvalue weighted by molar-refractivity contribution is -0.140. The average molecular weight is 584 g/mol. The predicted molar refractivity (Wildman–Crippen MR) is 161 cm³/mol. The van der Waals surface area contributed by atoms with Crippen LogP contribution < -0.4 is 9.62 Å². The van der Waals surface area contributed by atoms with Gasteiger partial charge < -0.3 is 10.2 Å². The summed E-state index contributed by atoms with van der Waals surface area (Å²) in [5, 5.41) is 3.31. The summed E-state index contributed by atoms with van der Waals surface area (Å²) in [4.78, 5) is 28.7. The molecule has 3 rings (SSSR count). The number of carbonyl (C=O) groups excluding carboxylic acids is 2. The van der Waals surface area contributed by atoms with Crippen LogP contribution in [0.15, 0.2) is 71.6 Å². The third-order valence-corrected chi connectivity index (χ3v) is 8.72. The summed E-state index contributed by atoms with van der Waals surface area (Å²) in [7, 11) is -4.17. The molecule has 9 heteroatoms. The van der Waals surface area contributed by atoms with Gasteiger partial charge in [-0.3, -0.25) is 13.9 Å². The molecule has 3 aromatic rings. The Balaban J connectivity index is 2.08. The normalized spacial score (nSPS) is 12.5. The van der Waals surface area contributed by atoms with E-state index in [2.05, 4.69) is 5.32 Å². The van der Waals surface area contributed by atoms with E-state index < -0.39 is 34.1 Å². The highest BCUT2D eigenvalue weighted by molar-refractivity contribution is 7.92. The van der Waals surface area contributed by atoms with Crippen LogP contribution in [0.2, 0.25) is 5.02 Å². The lowest BCUT2D eigenvalue weighted by Gasteiger charge is -2.34. The topological polar surface area (TPSA) is 86.8 Å². The Kier molecular flexibility index (Phi) is 9.69. The summed E-state index contributed by atoms with van der Waals surface area (Å²) >= 11 is 6.38. The first-order valence-corrected chi connectivity index (χ1v) is 14.9. The van der Waals surface area contributed by atoms with Crippen LogP contribution in [0.3, 0.4) is 0 Å². The van der Waals surface area contributed by atoms with E-state index in [0.29, 0.717) is 16.3 Å². The molecule has 0 bridgehead atoms. The van der Waals surface area contributed by atoms with Gasteiger partial charge in [0.25, 0.3) is 10.0 Å². The maximum Gasteiger partial charge on any atom is 0.264 e. The third kappa shape index (κ3) is 7.64. The Labute approximate surface area is 243 Å². The predicted octanol–water partition coefficient (Wildman–Crippen LogP) is 5.79. The number of carbonyl (C=O) groups is 2. The van der Waals surface area contributed by atoms with Crippen LogP contribution in [0.5, 0.6) is 0 Å². The molecule has 0 aromatic heterocycles. The van der Waals surface area contributed by atoms with Gasteiger partial charge in [-0.1, -0.05) is 65.2 Å². The van der Waals surface area contributed by atoms with Crippen molar-refractivity contribution in [2.24, 2.45) is 0 Å². The smallest absolute Gasteiger partial charge is 0.264 e. The first-order valence-electron chi connectivity index (χ1n) is 13.1. The molecule has 0 saturated carbocycles. The van der Waals surface area contributed by atoms with Crippen molar-refractivity contribution in [3.8, 4) is 0 Å². The van der Waals surface area contributed by atoms with Crippen LogP contribution in [0, 0.1) is 20.8 Å². The van der Waals surface area contributed by atoms with E-state index in [0.717, 1.165) is 21.0 Å². The second-order valence-electron chi connectivity index (χ2n) is 11.1. The molecule has 3 aromatic carbocycles. The van der Waals surface area contributed by atoms with E-state index in [1.807, 2.05) is 58.9 Å². The Morgan fingerprint density at radius 3 is 2.00 bits per heavy atom. The number of rotatable bonds is 9. The molecular formula is C31H38ClN3O4S. The quantitative estimate of drug-likeness (QED) is 0.345. The van der Waals surface area contributed by atoms with Crippen molar-refractivity contribution in [2.75, 3.05) is 10.8 Å². The van der Waals surface area contributed by atoms with Gasteiger partial charge in [0.15, 0.2) is 0 Å². The highest BCUT2D eigenvalue weighted by Gasteiger charge is 2.34. The van der Waals surface area contributed by atoms with E-state index in [9.17, 15) is 18.0 Å². The number of hydrogen-bond acceptors (Lipinski definition) is 4. The molecule has 0 unspecified atom stereocenters. The number of hydrogen-bond donors (Lipinski definition) is 1. The van der Waals surface area contributed by atoms with Crippen LogP contribution in [-0.2, 0) is 26.2 Å². The average Bonchev–Trinajstić information content (AvgIpc) is 2.87. The van der Waals surface area contributed by atoms with Crippen molar-refractivity contribution in [1.29, 1.82) is 0 Å². The molecule has 0 aliphatic carbocycles. The molecule has 214 valence electrons. The second kappa shape index (κ2) is 12.4. The molecule has 0 radical (unpaired) electrons. The molecule has 7 nitrogen and oxygen atoms in total. The van der Waals surface area contributed by atoms with E-state index in [-0.39, 0.29) is 17.3 Å². The molecule has 0 aliphatic rings. The zero-order chi connectivity index (χ0) is 29.8. The zero-order valence-corrected chi connectivity index (χ0v) is 25.7. The largest absolute Gasteiger partial charge is 0.350 e. The van der Waals surface area contributed by atoms with Crippen molar-refractivity contribution >= 4 is 39.1 Å². The number of benzene rings is 3. The third-order valence-electron chi connectivity index (χ3n) is 6.53. The van der Waals surface area contributed by atoms with Gasteiger partial charge in [-0.05, 0) is 83.9 Å². The summed E-state index contributed by atoms with van der Waals surface area (Å²) < 4.78 is 29.1. The van der Waals surface area contributed by atoms with E-state index >= 15 is 0 Å². The molecule has 0 aliphatic heterocycles. The van der Waals surface area contributed by atoms with Crippen LogP contribution in [0.25, 0.3) is 0 Å². The summed E-state index contributed by atoms with van der Waals surface area (Å²) in [5.74, 6) is -0.855. The highest BCUT2D eigenvalue weighted by atomic mass is 35.5. The van der Waals surface area contributed by atoms with Gasteiger partial charge in [-0.15, -0.1) is 0 Å². The fourth-order valence-electron chi connectivity index (χ4n) is 4.16. The van der Waals surface area contributed by atoms with E-state index in [1.165, 1.54) is 17.0 Å². The van der Waals surface area contributed by atoms with Gasteiger partial charge in [-0.25, -0.2) is 8.42 Å². The molecule has 0 saturated heterocycles. The van der Waals surface area contributed by atoms with Gasteiger partial charge in [0, 0.05) is 17.1 Å². The number of sulfonamides is 1. The Hall–Kier alpha value is -3.36. The molecule has 0 heterocycles. The fraction of sp³-hybridized carbons (Fsp3) is 0.355. The summed E-state index contributed by atoms with van der Waals surface area (Å²) in [6, 6.07) is 18.2. The van der Waals surface area contributed by atoms with Gasteiger partial charge in [0.1, 0.15) is 12.6 Å². The van der Waals surface area contributed by atoms with Crippen molar-refractivity contribution in [2.45, 2.75) is 71.5 Å². The molecular weight excluding hydrogens is 546 g/mol. The first-order chi connectivity index (χ1) is 18.6. The van der Waals surface area contributed by atoms with Crippen LogP contribution in [0.1, 0.15) is 49.9 Å². The SMILES string of the molecule is Cc1ccc(CN(C(=O)CN(c2cccc(Cl)c2C)S(=O)(=O)c2ccc(C)cc2)[C@H](C)C(=O)NC(C)(C)C)cc1. The van der Waals surface area contributed by atoms with Crippen molar-refractivity contribution in [1.82, 2.24) is 10.2 Å². The lowest BCUT2D eigenvalue weighted by Crippen LogP contribution is -2.54.